The second kappa shape index (κ2) is 10.5. The Hall–Kier alpha value is -2.32. The molecule has 0 radical (unpaired) electrons. The lowest BCUT2D eigenvalue weighted by Gasteiger charge is -2.43. The van der Waals surface area contributed by atoms with Gasteiger partial charge in [0, 0.05) is 6.92 Å². The summed E-state index contributed by atoms with van der Waals surface area (Å²) in [5, 5.41) is 40.7. The molecule has 1 aromatic rings. The van der Waals surface area contributed by atoms with Crippen LogP contribution in [0.3, 0.4) is 0 Å². The highest BCUT2D eigenvalue weighted by Gasteiger charge is 2.49. The Balaban J connectivity index is 1.78. The van der Waals surface area contributed by atoms with Crippen LogP contribution in [0.1, 0.15) is 17.3 Å². The zero-order valence-electron chi connectivity index (χ0n) is 17.4. The summed E-state index contributed by atoms with van der Waals surface area (Å²) in [5.41, 5.74) is 0.135. The number of hydrogen-bond donors (Lipinski definition) is 4. The molecule has 4 N–H and O–H groups in total. The van der Waals surface area contributed by atoms with E-state index in [0.717, 1.165) is 6.92 Å². The van der Waals surface area contributed by atoms with Crippen LogP contribution < -0.4 is 4.74 Å². The Morgan fingerprint density at radius 1 is 0.906 bits per heavy atom. The van der Waals surface area contributed by atoms with Crippen LogP contribution in [-0.2, 0) is 28.5 Å². The van der Waals surface area contributed by atoms with Gasteiger partial charge in [-0.3, -0.25) is 4.79 Å². The van der Waals surface area contributed by atoms with Crippen LogP contribution in [0.4, 0.5) is 0 Å². The van der Waals surface area contributed by atoms with Gasteiger partial charge in [-0.05, 0) is 24.3 Å². The molecular weight excluding hydrogens is 432 g/mol. The van der Waals surface area contributed by atoms with Crippen molar-refractivity contribution in [2.45, 2.75) is 56.1 Å². The van der Waals surface area contributed by atoms with Crippen molar-refractivity contribution in [2.75, 3.05) is 20.3 Å². The van der Waals surface area contributed by atoms with Crippen molar-refractivity contribution >= 4 is 11.9 Å². The first-order valence-electron chi connectivity index (χ1n) is 9.84. The van der Waals surface area contributed by atoms with Gasteiger partial charge < -0.3 is 48.8 Å². The Labute approximate surface area is 183 Å². The maximum absolute atomic E-state index is 12.6. The van der Waals surface area contributed by atoms with Gasteiger partial charge in [-0.15, -0.1) is 0 Å². The number of carbonyl (C=O) groups is 2. The number of esters is 2. The molecule has 0 aliphatic carbocycles. The van der Waals surface area contributed by atoms with E-state index in [0.29, 0.717) is 5.75 Å². The van der Waals surface area contributed by atoms with Gasteiger partial charge >= 0.3 is 11.9 Å². The summed E-state index contributed by atoms with van der Waals surface area (Å²) < 4.78 is 31.4. The number of aliphatic hydroxyl groups is 4. The highest BCUT2D eigenvalue weighted by Crippen LogP contribution is 2.27. The molecule has 32 heavy (non-hydrogen) atoms. The van der Waals surface area contributed by atoms with Gasteiger partial charge in [-0.1, -0.05) is 0 Å². The van der Waals surface area contributed by atoms with E-state index in [2.05, 4.69) is 0 Å². The van der Waals surface area contributed by atoms with Gasteiger partial charge in [-0.25, -0.2) is 4.79 Å². The van der Waals surface area contributed by atoms with E-state index in [1.54, 1.807) is 0 Å². The third kappa shape index (κ3) is 5.53. The van der Waals surface area contributed by atoms with Crippen LogP contribution in [0.5, 0.6) is 5.75 Å². The SMILES string of the molecule is COc1ccc(C(=O)O[C@@H]2[C@@H](O[C@@H]3[C@H](O)COC(O)[C@H]3OC(C)=O)OC[C@H](O)[C@H]2O)cc1. The van der Waals surface area contributed by atoms with Crippen LogP contribution in [0, 0.1) is 0 Å². The average Bonchev–Trinajstić information content (AvgIpc) is 2.77. The maximum atomic E-state index is 12.6. The van der Waals surface area contributed by atoms with Crippen molar-refractivity contribution in [2.24, 2.45) is 0 Å². The molecule has 0 bridgehead atoms. The van der Waals surface area contributed by atoms with E-state index in [1.165, 1.54) is 31.4 Å². The third-order valence-electron chi connectivity index (χ3n) is 5.01. The fourth-order valence-electron chi connectivity index (χ4n) is 3.34. The predicted molar refractivity (Wildman–Crippen MR) is 102 cm³/mol. The standard InChI is InChI=1S/C20H26O12/c1-9(21)30-17-15(13(23)8-28-19(17)26)32-20-16(14(24)12(22)7-29-20)31-18(25)10-3-5-11(27-2)6-4-10/h3-6,12-17,19-20,22-24,26H,7-8H2,1-2H3/t12-,13+,14+,15+,16-,17-,19?,20+/m0/s1. The summed E-state index contributed by atoms with van der Waals surface area (Å²) in [5.74, 6) is -1.09. The minimum absolute atomic E-state index is 0.135. The van der Waals surface area contributed by atoms with Crippen LogP contribution in [0.2, 0.25) is 0 Å². The lowest BCUT2D eigenvalue weighted by Crippen LogP contribution is -2.61. The monoisotopic (exact) mass is 458 g/mol. The summed E-state index contributed by atoms with van der Waals surface area (Å²) in [7, 11) is 1.47. The number of carbonyl (C=O) groups excluding carboxylic acids is 2. The third-order valence-corrected chi connectivity index (χ3v) is 5.01. The Morgan fingerprint density at radius 3 is 2.19 bits per heavy atom. The largest absolute Gasteiger partial charge is 0.497 e. The summed E-state index contributed by atoms with van der Waals surface area (Å²) in [4.78, 5) is 24.0. The summed E-state index contributed by atoms with van der Waals surface area (Å²) in [6.07, 6.45) is -11.6. The molecule has 1 unspecified atom stereocenters. The normalized spacial score (nSPS) is 35.1. The van der Waals surface area contributed by atoms with E-state index < -0.39 is 61.1 Å². The van der Waals surface area contributed by atoms with E-state index in [-0.39, 0.29) is 18.8 Å². The van der Waals surface area contributed by atoms with Crippen molar-refractivity contribution in [1.29, 1.82) is 0 Å². The number of hydrogen-bond acceptors (Lipinski definition) is 12. The number of methoxy groups -OCH3 is 1. The van der Waals surface area contributed by atoms with Crippen molar-refractivity contribution in [3.8, 4) is 5.75 Å². The van der Waals surface area contributed by atoms with Crippen LogP contribution in [0.25, 0.3) is 0 Å². The van der Waals surface area contributed by atoms with Crippen LogP contribution in [0.15, 0.2) is 24.3 Å². The van der Waals surface area contributed by atoms with Crippen molar-refractivity contribution in [3.05, 3.63) is 29.8 Å². The second-order valence-corrected chi connectivity index (χ2v) is 7.32. The Bertz CT molecular complexity index is 783. The van der Waals surface area contributed by atoms with E-state index >= 15 is 0 Å². The van der Waals surface area contributed by atoms with Gasteiger partial charge in [0.05, 0.1) is 25.9 Å². The van der Waals surface area contributed by atoms with Crippen LogP contribution in [-0.4, -0.2) is 102 Å². The fourth-order valence-corrected chi connectivity index (χ4v) is 3.34. The zero-order valence-corrected chi connectivity index (χ0v) is 17.4. The second-order valence-electron chi connectivity index (χ2n) is 7.32. The lowest BCUT2D eigenvalue weighted by molar-refractivity contribution is -0.329. The van der Waals surface area contributed by atoms with Crippen molar-refractivity contribution in [3.63, 3.8) is 0 Å². The first-order chi connectivity index (χ1) is 15.2. The van der Waals surface area contributed by atoms with Gasteiger partial charge in [0.15, 0.2) is 24.8 Å². The molecule has 3 rings (SSSR count). The summed E-state index contributed by atoms with van der Waals surface area (Å²) in [6, 6.07) is 5.96. The minimum Gasteiger partial charge on any atom is -0.497 e. The molecular formula is C20H26O12. The molecule has 12 heteroatoms. The molecule has 8 atom stereocenters. The Morgan fingerprint density at radius 2 is 1.56 bits per heavy atom. The highest BCUT2D eigenvalue weighted by atomic mass is 16.7. The van der Waals surface area contributed by atoms with E-state index in [9.17, 15) is 30.0 Å². The molecule has 2 heterocycles. The molecule has 2 fully saturated rings. The minimum atomic E-state index is -1.59. The molecule has 0 spiro atoms. The molecule has 0 aromatic heterocycles. The molecule has 0 amide bonds. The van der Waals surface area contributed by atoms with Gasteiger partial charge in [-0.2, -0.15) is 0 Å². The first-order valence-corrected chi connectivity index (χ1v) is 9.84. The van der Waals surface area contributed by atoms with Gasteiger partial charge in [0.2, 0.25) is 0 Å². The van der Waals surface area contributed by atoms with Crippen LogP contribution >= 0.6 is 0 Å². The number of benzene rings is 1. The van der Waals surface area contributed by atoms with Crippen molar-refractivity contribution in [1.82, 2.24) is 0 Å². The lowest BCUT2D eigenvalue weighted by atomic mass is 10.0. The number of ether oxygens (including phenoxy) is 6. The summed E-state index contributed by atoms with van der Waals surface area (Å²) >= 11 is 0. The average molecular weight is 458 g/mol. The van der Waals surface area contributed by atoms with E-state index in [4.69, 9.17) is 28.4 Å². The number of aliphatic hydroxyl groups excluding tert-OH is 4. The number of rotatable bonds is 6. The smallest absolute Gasteiger partial charge is 0.338 e. The molecule has 2 aliphatic heterocycles. The molecule has 2 aliphatic rings. The molecule has 2 saturated heterocycles. The van der Waals surface area contributed by atoms with Crippen molar-refractivity contribution < 1.29 is 58.4 Å². The predicted octanol–water partition coefficient (Wildman–Crippen LogP) is -1.67. The maximum Gasteiger partial charge on any atom is 0.338 e. The molecule has 0 saturated carbocycles. The molecule has 12 nitrogen and oxygen atoms in total. The topological polar surface area (TPSA) is 170 Å². The molecule has 1 aromatic carbocycles. The fraction of sp³-hybridized carbons (Fsp3) is 0.600. The Kier molecular flexibility index (Phi) is 8.00. The quantitative estimate of drug-likeness (QED) is 0.358. The summed E-state index contributed by atoms with van der Waals surface area (Å²) in [6.45, 7) is 0.405. The van der Waals surface area contributed by atoms with E-state index in [1.807, 2.05) is 0 Å². The van der Waals surface area contributed by atoms with Gasteiger partial charge in [0.25, 0.3) is 0 Å². The molecule has 178 valence electrons. The first kappa shape index (κ1) is 24.3. The van der Waals surface area contributed by atoms with Gasteiger partial charge in [0.1, 0.15) is 30.2 Å². The zero-order chi connectivity index (χ0) is 23.4. The highest BCUT2D eigenvalue weighted by molar-refractivity contribution is 5.89.